The molecule has 0 aromatic rings. The molecule has 0 spiro atoms. The van der Waals surface area contributed by atoms with E-state index in [1.165, 1.54) is 0 Å². The number of hydrogen-bond acceptors (Lipinski definition) is 1. The molecule has 0 aliphatic rings. The fourth-order valence-corrected chi connectivity index (χ4v) is 1.67. The van der Waals surface area contributed by atoms with Crippen molar-refractivity contribution in [3.63, 3.8) is 0 Å². The summed E-state index contributed by atoms with van der Waals surface area (Å²) in [6.45, 7) is -0.834. The average molecular weight is 422 g/mol. The Morgan fingerprint density at radius 3 is 1.28 bits per heavy atom. The van der Waals surface area contributed by atoms with Gasteiger partial charge in [-0.1, -0.05) is 0 Å². The van der Waals surface area contributed by atoms with Crippen LogP contribution in [0.15, 0.2) is 0 Å². The zero-order valence-electron chi connectivity index (χ0n) is 11.6. The first-order valence-electron chi connectivity index (χ1n) is 5.67. The minimum Gasteiger partial charge on any atom is -0.376 e. The van der Waals surface area contributed by atoms with Crippen LogP contribution in [-0.4, -0.2) is 52.5 Å². The van der Waals surface area contributed by atoms with E-state index in [1.54, 1.807) is 0 Å². The summed E-state index contributed by atoms with van der Waals surface area (Å²) in [6, 6.07) is -6.43. The van der Waals surface area contributed by atoms with Crippen LogP contribution in [0, 0.1) is 0 Å². The molecule has 0 saturated carbocycles. The molecule has 0 fully saturated rings. The Hall–Kier alpha value is -1.22. The summed E-state index contributed by atoms with van der Waals surface area (Å²) in [4.78, 5) is -1.24. The van der Waals surface area contributed by atoms with Crippen molar-refractivity contribution in [3.8, 4) is 0 Å². The van der Waals surface area contributed by atoms with Gasteiger partial charge >= 0.3 is 35.9 Å². The third kappa shape index (κ3) is 3.16. The Morgan fingerprint density at radius 2 is 1.04 bits per heavy atom. The van der Waals surface area contributed by atoms with E-state index in [0.717, 1.165) is 0 Å². The van der Waals surface area contributed by atoms with Gasteiger partial charge in [0.15, 0.2) is 5.11 Å². The summed E-state index contributed by atoms with van der Waals surface area (Å²) in [7, 11) is 0. The minimum absolute atomic E-state index is 0.559. The van der Waals surface area contributed by atoms with Crippen LogP contribution in [0.25, 0.3) is 0 Å². The van der Waals surface area contributed by atoms with Crippen molar-refractivity contribution in [1.82, 2.24) is 4.90 Å². The highest BCUT2D eigenvalue weighted by Crippen LogP contribution is 2.60. The molecule has 0 unspecified atom stereocenters. The predicted octanol–water partition coefficient (Wildman–Crippen LogP) is 4.25. The first kappa shape index (κ1) is 23.8. The van der Waals surface area contributed by atoms with E-state index >= 15 is 0 Å². The molecular formula is C9H7F13N2S. The zero-order valence-corrected chi connectivity index (χ0v) is 12.4. The SMILES string of the molecule is CCN(C(N)=S)C(F)(F)C(F)(F)C(F)(F)C(F)(F)C(F)(F)C(F)(F)F. The molecule has 0 aliphatic carbocycles. The maximum Gasteiger partial charge on any atom is 0.460 e. The lowest BCUT2D eigenvalue weighted by molar-refractivity contribution is -0.447. The van der Waals surface area contributed by atoms with Crippen LogP contribution in [-0.2, 0) is 0 Å². The molecule has 0 rings (SSSR count). The molecule has 0 radical (unpaired) electrons. The predicted molar refractivity (Wildman–Crippen MR) is 60.0 cm³/mol. The first-order chi connectivity index (χ1) is 10.6. The largest absolute Gasteiger partial charge is 0.460 e. The summed E-state index contributed by atoms with van der Waals surface area (Å²) in [5.41, 5.74) is 4.52. The molecule has 0 bridgehead atoms. The van der Waals surface area contributed by atoms with Crippen molar-refractivity contribution in [2.75, 3.05) is 6.54 Å². The number of rotatable bonds is 6. The van der Waals surface area contributed by atoms with Gasteiger partial charge < -0.3 is 5.73 Å². The summed E-state index contributed by atoms with van der Waals surface area (Å²) in [5, 5.41) is -1.73. The highest BCUT2D eigenvalue weighted by Gasteiger charge is 2.91. The second kappa shape index (κ2) is 6.19. The minimum atomic E-state index is -7.94. The van der Waals surface area contributed by atoms with E-state index in [2.05, 4.69) is 18.0 Å². The van der Waals surface area contributed by atoms with Gasteiger partial charge in [-0.25, -0.2) is 0 Å². The Balaban J connectivity index is 6.43. The van der Waals surface area contributed by atoms with Crippen molar-refractivity contribution in [3.05, 3.63) is 0 Å². The van der Waals surface area contributed by atoms with E-state index < -0.39 is 52.5 Å². The van der Waals surface area contributed by atoms with Crippen LogP contribution in [0.5, 0.6) is 0 Å². The van der Waals surface area contributed by atoms with Crippen molar-refractivity contribution >= 4 is 17.3 Å². The number of thiocarbonyl (C=S) groups is 1. The lowest BCUT2D eigenvalue weighted by atomic mass is 9.96. The third-order valence-electron chi connectivity index (χ3n) is 2.84. The van der Waals surface area contributed by atoms with Crippen molar-refractivity contribution in [2.24, 2.45) is 5.73 Å². The lowest BCUT2D eigenvalue weighted by Gasteiger charge is -2.42. The normalized spacial score (nSPS) is 15.3. The molecule has 25 heavy (non-hydrogen) atoms. The van der Waals surface area contributed by atoms with Crippen molar-refractivity contribution < 1.29 is 57.1 Å². The summed E-state index contributed by atoms with van der Waals surface area (Å²) in [6.07, 6.45) is -7.45. The molecule has 150 valence electrons. The molecule has 0 heterocycles. The number of nitrogens with zero attached hydrogens (tertiary/aromatic N) is 1. The van der Waals surface area contributed by atoms with Crippen LogP contribution in [0.2, 0.25) is 0 Å². The summed E-state index contributed by atoms with van der Waals surface area (Å²) in [5.74, 6) is -31.0. The molecule has 16 heteroatoms. The maximum atomic E-state index is 13.5. The van der Waals surface area contributed by atoms with Crippen LogP contribution in [0.3, 0.4) is 0 Å². The number of halogens is 13. The molecule has 0 aromatic heterocycles. The van der Waals surface area contributed by atoms with Gasteiger partial charge in [-0.3, -0.25) is 4.90 Å². The first-order valence-corrected chi connectivity index (χ1v) is 6.08. The number of nitrogens with two attached hydrogens (primary N) is 1. The highest BCUT2D eigenvalue weighted by atomic mass is 32.1. The highest BCUT2D eigenvalue weighted by molar-refractivity contribution is 7.80. The molecular weight excluding hydrogens is 415 g/mol. The lowest BCUT2D eigenvalue weighted by Crippen LogP contribution is -2.73. The van der Waals surface area contributed by atoms with E-state index in [-0.39, 0.29) is 0 Å². The van der Waals surface area contributed by atoms with Crippen LogP contribution >= 0.6 is 12.2 Å². The van der Waals surface area contributed by atoms with E-state index in [9.17, 15) is 57.1 Å². The van der Waals surface area contributed by atoms with Gasteiger partial charge in [0.25, 0.3) is 0 Å². The van der Waals surface area contributed by atoms with Gasteiger partial charge in [-0.15, -0.1) is 0 Å². The van der Waals surface area contributed by atoms with Crippen LogP contribution < -0.4 is 5.73 Å². The second-order valence-electron chi connectivity index (χ2n) is 4.42. The Bertz CT molecular complexity index is 512. The van der Waals surface area contributed by atoms with E-state index in [1.807, 2.05) is 0 Å². The van der Waals surface area contributed by atoms with Gasteiger partial charge in [-0.05, 0) is 19.1 Å². The molecule has 0 saturated heterocycles. The molecule has 2 nitrogen and oxygen atoms in total. The Morgan fingerprint density at radius 1 is 0.720 bits per heavy atom. The van der Waals surface area contributed by atoms with Crippen molar-refractivity contribution in [1.29, 1.82) is 0 Å². The average Bonchev–Trinajstić information content (AvgIpc) is 2.36. The molecule has 0 atom stereocenters. The fraction of sp³-hybridized carbons (Fsp3) is 0.889. The molecule has 2 N–H and O–H groups in total. The van der Waals surface area contributed by atoms with Crippen LogP contribution in [0.1, 0.15) is 6.92 Å². The summed E-state index contributed by atoms with van der Waals surface area (Å²) < 4.78 is 167. The quantitative estimate of drug-likeness (QED) is 0.395. The summed E-state index contributed by atoms with van der Waals surface area (Å²) >= 11 is 3.81. The van der Waals surface area contributed by atoms with Gasteiger partial charge in [0.2, 0.25) is 0 Å². The van der Waals surface area contributed by atoms with E-state index in [4.69, 9.17) is 0 Å². The second-order valence-corrected chi connectivity index (χ2v) is 4.84. The third-order valence-corrected chi connectivity index (χ3v) is 3.06. The monoisotopic (exact) mass is 422 g/mol. The topological polar surface area (TPSA) is 29.3 Å². The molecule has 0 aliphatic heterocycles. The van der Waals surface area contributed by atoms with Gasteiger partial charge in [0, 0.05) is 6.54 Å². The van der Waals surface area contributed by atoms with Gasteiger partial charge in [-0.2, -0.15) is 57.1 Å². The van der Waals surface area contributed by atoms with Gasteiger partial charge in [0.05, 0.1) is 0 Å². The Labute approximate surface area is 135 Å². The standard InChI is InChI=1S/C9H7F13N2S/c1-2-24(3(23)25)9(21,22)7(16,17)5(12,13)4(10,11)6(14,15)8(18,19)20/h2H2,1H3,(H2,23,25). The molecule has 0 aromatic carbocycles. The maximum absolute atomic E-state index is 13.5. The molecule has 0 amide bonds. The van der Waals surface area contributed by atoms with E-state index in [0.29, 0.717) is 6.92 Å². The van der Waals surface area contributed by atoms with Crippen LogP contribution in [0.4, 0.5) is 57.1 Å². The Kier molecular flexibility index (Phi) is 5.89. The number of alkyl halides is 13. The van der Waals surface area contributed by atoms with Crippen molar-refractivity contribution in [2.45, 2.75) is 42.8 Å². The zero-order chi connectivity index (χ0) is 20.9. The van der Waals surface area contributed by atoms with Gasteiger partial charge in [0.1, 0.15) is 0 Å². The smallest absolute Gasteiger partial charge is 0.376 e. The fourth-order valence-electron chi connectivity index (χ4n) is 1.42. The number of hydrogen-bond donors (Lipinski definition) is 1.